The maximum Gasteiger partial charge on any atom is 0.267 e. The van der Waals surface area contributed by atoms with Crippen molar-refractivity contribution in [1.82, 2.24) is 4.98 Å². The Bertz CT molecular complexity index is 953. The predicted octanol–water partition coefficient (Wildman–Crippen LogP) is 4.02. The van der Waals surface area contributed by atoms with E-state index in [2.05, 4.69) is 10.3 Å². The van der Waals surface area contributed by atoms with Crippen molar-refractivity contribution in [2.24, 2.45) is 0 Å². The zero-order valence-corrected chi connectivity index (χ0v) is 15.4. The largest absolute Gasteiger partial charge is 0.397 e. The Kier molecular flexibility index (Phi) is 4.94. The van der Waals surface area contributed by atoms with E-state index >= 15 is 0 Å². The Balaban J connectivity index is 2.04. The van der Waals surface area contributed by atoms with Crippen molar-refractivity contribution >= 4 is 50.4 Å². The summed E-state index contributed by atoms with van der Waals surface area (Å²) in [7, 11) is 0. The average Bonchev–Trinajstić information content (AvgIpc) is 2.86. The van der Waals surface area contributed by atoms with Gasteiger partial charge in [-0.15, -0.1) is 11.3 Å². The average molecular weight is 376 g/mol. The molecule has 0 bridgehead atoms. The van der Waals surface area contributed by atoms with Gasteiger partial charge in [0, 0.05) is 11.1 Å². The highest BCUT2D eigenvalue weighted by atomic mass is 35.5. The normalized spacial score (nSPS) is 12.3. The maximum absolute atomic E-state index is 12.7. The van der Waals surface area contributed by atoms with Gasteiger partial charge in [-0.3, -0.25) is 4.79 Å². The number of aromatic nitrogens is 1. The van der Waals surface area contributed by atoms with Gasteiger partial charge in [-0.2, -0.15) is 0 Å². The second-order valence-electron chi connectivity index (χ2n) is 5.93. The van der Waals surface area contributed by atoms with Crippen molar-refractivity contribution in [3.05, 3.63) is 51.5 Å². The smallest absolute Gasteiger partial charge is 0.267 e. The van der Waals surface area contributed by atoms with E-state index in [-0.39, 0.29) is 5.91 Å². The minimum Gasteiger partial charge on any atom is -0.397 e. The molecule has 2 heterocycles. The molecular weight excluding hydrogens is 358 g/mol. The number of aliphatic hydroxyl groups is 1. The lowest BCUT2D eigenvalue weighted by atomic mass is 10.0. The number of para-hydroxylation sites is 1. The molecule has 0 aliphatic rings. The van der Waals surface area contributed by atoms with Crippen LogP contribution >= 0.6 is 22.9 Å². The van der Waals surface area contributed by atoms with Gasteiger partial charge >= 0.3 is 0 Å². The Morgan fingerprint density at radius 2 is 2.16 bits per heavy atom. The SMILES string of the molecule is Cc1cc(CC(C)O)c2c(N)c(C(=O)Nc3ccccc3Cl)sc2n1. The van der Waals surface area contributed by atoms with Gasteiger partial charge in [0.2, 0.25) is 0 Å². The summed E-state index contributed by atoms with van der Waals surface area (Å²) in [6.45, 7) is 3.60. The number of amides is 1. The summed E-state index contributed by atoms with van der Waals surface area (Å²) in [6, 6.07) is 8.91. The van der Waals surface area contributed by atoms with Gasteiger partial charge in [0.15, 0.2) is 0 Å². The van der Waals surface area contributed by atoms with Crippen LogP contribution in [0.1, 0.15) is 27.9 Å². The first-order valence-corrected chi connectivity index (χ1v) is 8.98. The van der Waals surface area contributed by atoms with Gasteiger partial charge in [-0.25, -0.2) is 4.98 Å². The molecule has 1 atom stereocenters. The van der Waals surface area contributed by atoms with E-state index in [9.17, 15) is 9.90 Å². The molecule has 0 aliphatic carbocycles. The molecule has 0 saturated heterocycles. The molecule has 0 fully saturated rings. The van der Waals surface area contributed by atoms with Gasteiger partial charge < -0.3 is 16.2 Å². The Labute approximate surface area is 154 Å². The van der Waals surface area contributed by atoms with Crippen molar-refractivity contribution in [2.75, 3.05) is 11.1 Å². The number of halogens is 1. The molecular formula is C18H18ClN3O2S. The fourth-order valence-corrected chi connectivity index (χ4v) is 3.99. The molecule has 5 nitrogen and oxygen atoms in total. The lowest BCUT2D eigenvalue weighted by Gasteiger charge is -2.08. The molecule has 0 spiro atoms. The summed E-state index contributed by atoms with van der Waals surface area (Å²) >= 11 is 7.33. The minimum absolute atomic E-state index is 0.325. The van der Waals surface area contributed by atoms with E-state index in [1.165, 1.54) is 11.3 Å². The van der Waals surface area contributed by atoms with E-state index in [4.69, 9.17) is 17.3 Å². The number of nitrogen functional groups attached to an aromatic ring is 1. The first-order chi connectivity index (χ1) is 11.9. The Morgan fingerprint density at radius 3 is 2.84 bits per heavy atom. The Hall–Kier alpha value is -2.15. The lowest BCUT2D eigenvalue weighted by Crippen LogP contribution is -2.12. The summed E-state index contributed by atoms with van der Waals surface area (Å²) < 4.78 is 0. The van der Waals surface area contributed by atoms with Crippen LogP contribution in [0.4, 0.5) is 11.4 Å². The highest BCUT2D eigenvalue weighted by Crippen LogP contribution is 2.36. The van der Waals surface area contributed by atoms with E-state index in [1.54, 1.807) is 31.2 Å². The lowest BCUT2D eigenvalue weighted by molar-refractivity contribution is 0.103. The molecule has 2 aromatic heterocycles. The highest BCUT2D eigenvalue weighted by molar-refractivity contribution is 7.21. The molecule has 0 saturated carbocycles. The fraction of sp³-hybridized carbons (Fsp3) is 0.222. The van der Waals surface area contributed by atoms with Crippen LogP contribution in [0.25, 0.3) is 10.2 Å². The number of hydrogen-bond acceptors (Lipinski definition) is 5. The van der Waals surface area contributed by atoms with E-state index in [1.807, 2.05) is 13.0 Å². The standard InChI is InChI=1S/C18H18ClN3O2S/c1-9-7-11(8-10(2)23)14-15(20)16(25-18(14)21-9)17(24)22-13-6-4-3-5-12(13)19/h3-7,10,23H,8,20H2,1-2H3,(H,22,24). The zero-order valence-electron chi connectivity index (χ0n) is 13.8. The molecule has 3 rings (SSSR count). The van der Waals surface area contributed by atoms with Gasteiger partial charge in [-0.05, 0) is 44.0 Å². The van der Waals surface area contributed by atoms with Crippen molar-refractivity contribution < 1.29 is 9.90 Å². The van der Waals surface area contributed by atoms with Gasteiger partial charge in [0.25, 0.3) is 5.91 Å². The highest BCUT2D eigenvalue weighted by Gasteiger charge is 2.21. The number of hydrogen-bond donors (Lipinski definition) is 3. The number of carbonyl (C=O) groups excluding carboxylic acids is 1. The topological polar surface area (TPSA) is 88.2 Å². The van der Waals surface area contributed by atoms with Crippen LogP contribution in [0.5, 0.6) is 0 Å². The van der Waals surface area contributed by atoms with Crippen LogP contribution < -0.4 is 11.1 Å². The summed E-state index contributed by atoms with van der Waals surface area (Å²) in [5.74, 6) is -0.325. The number of anilines is 2. The summed E-state index contributed by atoms with van der Waals surface area (Å²) in [6.07, 6.45) is -0.0588. The van der Waals surface area contributed by atoms with Gasteiger partial charge in [-0.1, -0.05) is 23.7 Å². The van der Waals surface area contributed by atoms with Crippen LogP contribution in [-0.4, -0.2) is 22.1 Å². The molecule has 0 radical (unpaired) electrons. The summed E-state index contributed by atoms with van der Waals surface area (Å²) in [4.78, 5) is 18.2. The number of aliphatic hydroxyl groups excluding tert-OH is 1. The minimum atomic E-state index is -0.510. The third kappa shape index (κ3) is 3.61. The van der Waals surface area contributed by atoms with Gasteiger partial charge in [0.1, 0.15) is 9.71 Å². The molecule has 25 heavy (non-hydrogen) atoms. The third-order valence-electron chi connectivity index (χ3n) is 3.75. The zero-order chi connectivity index (χ0) is 18.1. The number of nitrogens with one attached hydrogen (secondary N) is 1. The molecule has 7 heteroatoms. The molecule has 0 aliphatic heterocycles. The quantitative estimate of drug-likeness (QED) is 0.642. The number of benzene rings is 1. The van der Waals surface area contributed by atoms with Crippen LogP contribution in [0.3, 0.4) is 0 Å². The molecule has 1 aromatic carbocycles. The van der Waals surface area contributed by atoms with Crippen LogP contribution in [0, 0.1) is 6.92 Å². The van der Waals surface area contributed by atoms with Gasteiger partial charge in [0.05, 0.1) is 22.5 Å². The van der Waals surface area contributed by atoms with E-state index in [0.29, 0.717) is 32.5 Å². The summed E-state index contributed by atoms with van der Waals surface area (Å²) in [5, 5.41) is 13.7. The number of fused-ring (bicyclic) bond motifs is 1. The molecule has 1 unspecified atom stereocenters. The molecule has 1 amide bonds. The maximum atomic E-state index is 12.7. The number of aryl methyl sites for hydroxylation is 1. The first-order valence-electron chi connectivity index (χ1n) is 7.79. The second-order valence-corrected chi connectivity index (χ2v) is 7.34. The van der Waals surface area contributed by atoms with Crippen molar-refractivity contribution in [3.8, 4) is 0 Å². The van der Waals surface area contributed by atoms with E-state index in [0.717, 1.165) is 16.6 Å². The second kappa shape index (κ2) is 7.00. The number of nitrogens with two attached hydrogens (primary N) is 1. The number of thiophene rings is 1. The van der Waals surface area contributed by atoms with Crippen LogP contribution in [0.2, 0.25) is 5.02 Å². The van der Waals surface area contributed by atoms with Crippen molar-refractivity contribution in [3.63, 3.8) is 0 Å². The predicted molar refractivity (Wildman–Crippen MR) is 104 cm³/mol. The molecule has 130 valence electrons. The van der Waals surface area contributed by atoms with Crippen LogP contribution in [-0.2, 0) is 6.42 Å². The number of pyridine rings is 1. The summed E-state index contributed by atoms with van der Waals surface area (Å²) in [5.41, 5.74) is 8.88. The first kappa shape index (κ1) is 17.7. The molecule has 3 aromatic rings. The fourth-order valence-electron chi connectivity index (χ4n) is 2.73. The molecule has 4 N–H and O–H groups in total. The van der Waals surface area contributed by atoms with E-state index < -0.39 is 6.10 Å². The number of nitrogens with zero attached hydrogens (tertiary/aromatic N) is 1. The third-order valence-corrected chi connectivity index (χ3v) is 5.18. The monoisotopic (exact) mass is 375 g/mol. The number of carbonyl (C=O) groups is 1. The number of rotatable bonds is 4. The Morgan fingerprint density at radius 1 is 1.44 bits per heavy atom. The van der Waals surface area contributed by atoms with Crippen molar-refractivity contribution in [1.29, 1.82) is 0 Å². The van der Waals surface area contributed by atoms with Crippen molar-refractivity contribution in [2.45, 2.75) is 26.4 Å². The van der Waals surface area contributed by atoms with Crippen LogP contribution in [0.15, 0.2) is 30.3 Å².